The molecule has 4 heterocycles. The lowest BCUT2D eigenvalue weighted by molar-refractivity contribution is -0.137. The van der Waals surface area contributed by atoms with Gasteiger partial charge in [-0.2, -0.15) is 0 Å². The average molecular weight is 833 g/mol. The molecule has 14 nitrogen and oxygen atoms in total. The number of hydrogen-bond acceptors (Lipinski definition) is 7. The molecule has 3 aromatic carbocycles. The second kappa shape index (κ2) is 15.3. The number of ether oxygens (including phenoxy) is 1. The highest BCUT2D eigenvalue weighted by Gasteiger charge is 2.57. The molecule has 2 saturated carbocycles. The van der Waals surface area contributed by atoms with E-state index in [9.17, 15) is 24.3 Å². The Morgan fingerprint density at radius 1 is 0.733 bits per heavy atom. The number of aromatic amines is 2. The second-order valence-electron chi connectivity index (χ2n) is 17.5. The minimum Gasteiger partial charge on any atom is -0.465 e. The lowest BCUT2D eigenvalue weighted by atomic mass is 9.98. The maximum atomic E-state index is 13.8. The molecule has 312 valence electrons. The van der Waals surface area contributed by atoms with Gasteiger partial charge in [-0.25, -0.2) is 19.6 Å². The molecule has 5 aromatic rings. The minimum absolute atomic E-state index is 0.0794. The number of rotatable bonds is 11. The molecule has 5 N–H and O–H groups in total. The van der Waals surface area contributed by atoms with Crippen LogP contribution in [0.15, 0.2) is 66.9 Å². The van der Waals surface area contributed by atoms with Gasteiger partial charge in [0.25, 0.3) is 0 Å². The zero-order valence-corrected chi connectivity index (χ0v) is 34.9. The Morgan fingerprint density at radius 3 is 1.85 bits per heavy atom. The molecule has 15 heteroatoms. The number of halogens is 1. The van der Waals surface area contributed by atoms with E-state index in [1.807, 2.05) is 49.8 Å². The summed E-state index contributed by atoms with van der Waals surface area (Å²) in [6.07, 6.45) is 3.52. The Kier molecular flexibility index (Phi) is 10.1. The van der Waals surface area contributed by atoms with Crippen LogP contribution >= 0.6 is 11.6 Å². The van der Waals surface area contributed by atoms with E-state index in [0.717, 1.165) is 70.2 Å². The third-order valence-electron chi connectivity index (χ3n) is 12.9. The lowest BCUT2D eigenvalue weighted by Gasteiger charge is -2.31. The van der Waals surface area contributed by atoms with Crippen molar-refractivity contribution in [1.29, 1.82) is 0 Å². The summed E-state index contributed by atoms with van der Waals surface area (Å²) in [5.41, 5.74) is 5.41. The largest absolute Gasteiger partial charge is 0.465 e. The molecule has 4 amide bonds. The molecule has 8 atom stereocenters. The topological polar surface area (TPSA) is 186 Å². The Bertz CT molecular complexity index is 2500. The van der Waals surface area contributed by atoms with Gasteiger partial charge in [0.05, 0.1) is 30.6 Å². The summed E-state index contributed by atoms with van der Waals surface area (Å²) in [6, 6.07) is 19.0. The van der Waals surface area contributed by atoms with Gasteiger partial charge in [0.15, 0.2) is 5.15 Å². The molecule has 2 aliphatic carbocycles. The van der Waals surface area contributed by atoms with Gasteiger partial charge in [-0.05, 0) is 83.4 Å². The fourth-order valence-corrected chi connectivity index (χ4v) is 9.74. The fourth-order valence-electron chi connectivity index (χ4n) is 9.49. The van der Waals surface area contributed by atoms with E-state index in [1.165, 1.54) is 7.11 Å². The van der Waals surface area contributed by atoms with Crippen LogP contribution in [0, 0.1) is 23.7 Å². The first-order valence-corrected chi connectivity index (χ1v) is 21.1. The first kappa shape index (κ1) is 39.6. The van der Waals surface area contributed by atoms with E-state index in [1.54, 1.807) is 0 Å². The van der Waals surface area contributed by atoms with Crippen molar-refractivity contribution in [1.82, 2.24) is 40.4 Å². The number of nitrogens with one attached hydrogen (secondary N) is 4. The Morgan fingerprint density at radius 2 is 1.27 bits per heavy atom. The highest BCUT2D eigenvalue weighted by atomic mass is 35.5. The number of benzene rings is 3. The normalized spacial score (nSPS) is 23.7. The van der Waals surface area contributed by atoms with Crippen molar-refractivity contribution in [3.8, 4) is 33.6 Å². The van der Waals surface area contributed by atoms with E-state index < -0.39 is 24.3 Å². The second-order valence-corrected chi connectivity index (χ2v) is 17.8. The molecule has 2 aromatic heterocycles. The van der Waals surface area contributed by atoms with Crippen molar-refractivity contribution in [3.05, 3.63) is 83.7 Å². The third-order valence-corrected chi connectivity index (χ3v) is 13.1. The van der Waals surface area contributed by atoms with Crippen LogP contribution in [-0.4, -0.2) is 90.1 Å². The number of likely N-dealkylation sites (tertiary alicyclic amines) is 2. The number of amides is 4. The smallest absolute Gasteiger partial charge is 0.407 e. The van der Waals surface area contributed by atoms with Crippen molar-refractivity contribution in [3.63, 3.8) is 0 Å². The summed E-state index contributed by atoms with van der Waals surface area (Å²) < 4.78 is 4.80. The van der Waals surface area contributed by atoms with Gasteiger partial charge in [-0.15, -0.1) is 0 Å². The standard InChI is InChI=1S/C45H49ClN8O6/c1-21(2)36(50-44(57)58)42(55)54-33-17-30(33)19-35(54)41-49-38(39(46)52-41)28-13-12-26-14-25(10-11-27(26)15-28)23-6-8-24(9-7-23)31-20-47-40(48-31)34-18-29-16-32(29)53(34)43(56)37(22(3)4)51-45(59)60-5/h6-15,20-22,29-30,32-37,50H,16-19H2,1-5H3,(H,47,48)(H,49,52)(H,51,59)(H,57,58)/t29-,30+,32+,33+,34-,35-,36-,37-/m0/s1. The molecule has 0 radical (unpaired) electrons. The molecule has 0 spiro atoms. The fraction of sp³-hybridized carbons (Fsp3) is 0.422. The monoisotopic (exact) mass is 832 g/mol. The first-order valence-electron chi connectivity index (χ1n) is 20.7. The molecule has 2 aliphatic heterocycles. The number of nitrogens with zero attached hydrogens (tertiary/aromatic N) is 4. The van der Waals surface area contributed by atoms with Crippen molar-refractivity contribution >= 4 is 46.4 Å². The van der Waals surface area contributed by atoms with Gasteiger partial charge < -0.3 is 40.2 Å². The summed E-state index contributed by atoms with van der Waals surface area (Å²) in [5, 5.41) is 17.0. The van der Waals surface area contributed by atoms with Crippen LogP contribution in [0.5, 0.6) is 0 Å². The van der Waals surface area contributed by atoms with Gasteiger partial charge in [-0.3, -0.25) is 9.59 Å². The van der Waals surface area contributed by atoms with E-state index in [4.69, 9.17) is 21.3 Å². The van der Waals surface area contributed by atoms with Crippen molar-refractivity contribution in [2.75, 3.05) is 7.11 Å². The highest BCUT2D eigenvalue weighted by molar-refractivity contribution is 6.32. The number of carboxylic acid groups (broad SMARTS) is 1. The zero-order valence-electron chi connectivity index (χ0n) is 34.1. The number of hydrogen-bond donors (Lipinski definition) is 5. The zero-order chi connectivity index (χ0) is 42.1. The average Bonchev–Trinajstić information content (AvgIpc) is 3.88. The molecule has 4 aliphatic rings. The third kappa shape index (κ3) is 7.24. The maximum Gasteiger partial charge on any atom is 0.407 e. The number of alkyl carbamates (subject to hydrolysis) is 1. The van der Waals surface area contributed by atoms with Gasteiger partial charge in [0, 0.05) is 29.4 Å². The van der Waals surface area contributed by atoms with Gasteiger partial charge in [0.2, 0.25) is 11.8 Å². The van der Waals surface area contributed by atoms with Gasteiger partial charge >= 0.3 is 12.2 Å². The van der Waals surface area contributed by atoms with E-state index >= 15 is 0 Å². The predicted octanol–water partition coefficient (Wildman–Crippen LogP) is 7.94. The van der Waals surface area contributed by atoms with Crippen molar-refractivity contribution in [2.24, 2.45) is 23.7 Å². The number of fused-ring (bicyclic) bond motifs is 3. The molecule has 2 saturated heterocycles. The quantitative estimate of drug-likeness (QED) is 0.0888. The number of methoxy groups -OCH3 is 1. The highest BCUT2D eigenvalue weighted by Crippen LogP contribution is 2.55. The SMILES string of the molecule is COC(=O)N[C@H](C(=O)N1[C@@H]2C[C@H]2C[C@H]1c1nc(-c2ccc(-c3ccc4cc(-c5[nH]c([C@@H]6C[C@H]7C[C@H]7N6C(=O)[C@@H](NC(=O)O)C(C)C)nc5Cl)ccc4c3)cc2)c[nH]1)C(C)C. The van der Waals surface area contributed by atoms with Crippen LogP contribution in [0.4, 0.5) is 9.59 Å². The lowest BCUT2D eigenvalue weighted by Crippen LogP contribution is -2.52. The van der Waals surface area contributed by atoms with Crippen LogP contribution in [-0.2, 0) is 14.3 Å². The number of aromatic nitrogens is 4. The first-order chi connectivity index (χ1) is 28.8. The molecular weight excluding hydrogens is 784 g/mol. The Balaban J connectivity index is 0.896. The number of carbonyl (C=O) groups is 4. The number of piperidine rings is 2. The molecule has 60 heavy (non-hydrogen) atoms. The molecule has 0 bridgehead atoms. The van der Waals surface area contributed by atoms with Gasteiger partial charge in [0.1, 0.15) is 23.7 Å². The molecule has 0 unspecified atom stereocenters. The number of imidazole rings is 2. The van der Waals surface area contributed by atoms with E-state index in [0.29, 0.717) is 28.5 Å². The Labute approximate surface area is 352 Å². The van der Waals surface area contributed by atoms with Gasteiger partial charge in [-0.1, -0.05) is 87.8 Å². The molecule has 9 rings (SSSR count). The molecular formula is C45H49ClN8O6. The maximum absolute atomic E-state index is 13.8. The molecule has 4 fully saturated rings. The summed E-state index contributed by atoms with van der Waals surface area (Å²) in [6.45, 7) is 7.51. The number of carbonyl (C=O) groups excluding carboxylic acids is 3. The van der Waals surface area contributed by atoms with Crippen LogP contribution in [0.2, 0.25) is 5.15 Å². The number of H-pyrrole nitrogens is 2. The minimum atomic E-state index is -1.22. The van der Waals surface area contributed by atoms with Crippen LogP contribution in [0.25, 0.3) is 44.4 Å². The van der Waals surface area contributed by atoms with Crippen LogP contribution in [0.3, 0.4) is 0 Å². The summed E-state index contributed by atoms with van der Waals surface area (Å²) >= 11 is 6.76. The van der Waals surface area contributed by atoms with E-state index in [2.05, 4.69) is 80.2 Å². The van der Waals surface area contributed by atoms with Crippen LogP contribution in [0.1, 0.15) is 77.1 Å². The van der Waals surface area contributed by atoms with Crippen molar-refractivity contribution < 1.29 is 29.0 Å². The van der Waals surface area contributed by atoms with Crippen LogP contribution < -0.4 is 10.6 Å². The summed E-state index contributed by atoms with van der Waals surface area (Å²) in [5.74, 6) is 1.51. The predicted molar refractivity (Wildman–Crippen MR) is 226 cm³/mol. The summed E-state index contributed by atoms with van der Waals surface area (Å²) in [7, 11) is 1.30. The van der Waals surface area contributed by atoms with E-state index in [-0.39, 0.29) is 47.8 Å². The van der Waals surface area contributed by atoms with Crippen molar-refractivity contribution in [2.45, 2.75) is 89.6 Å². The summed E-state index contributed by atoms with van der Waals surface area (Å²) in [4.78, 5) is 71.2. The Hall–Kier alpha value is -5.89.